The summed E-state index contributed by atoms with van der Waals surface area (Å²) in [5, 5.41) is 6.61. The molecule has 2 unspecified atom stereocenters. The second kappa shape index (κ2) is 11.3. The fourth-order valence-corrected chi connectivity index (χ4v) is 4.50. The monoisotopic (exact) mass is 444 g/mol. The van der Waals surface area contributed by atoms with Crippen LogP contribution >= 0.6 is 0 Å². The SMILES string of the molecule is CN=C(NCc1ccc(S(=O)(=O)NCC2CCCO2)cc1)NCC(C)c1ccccc1. The maximum absolute atomic E-state index is 12.5. The first-order chi connectivity index (χ1) is 15.0. The van der Waals surface area contributed by atoms with Crippen molar-refractivity contribution < 1.29 is 13.2 Å². The molecule has 31 heavy (non-hydrogen) atoms. The first-order valence-electron chi connectivity index (χ1n) is 10.7. The van der Waals surface area contributed by atoms with Crippen LogP contribution in [-0.4, -0.2) is 47.2 Å². The highest BCUT2D eigenvalue weighted by atomic mass is 32.2. The summed E-state index contributed by atoms with van der Waals surface area (Å²) in [5.74, 6) is 1.06. The molecule has 3 N–H and O–H groups in total. The molecule has 7 nitrogen and oxygen atoms in total. The number of sulfonamides is 1. The number of ether oxygens (including phenoxy) is 1. The van der Waals surface area contributed by atoms with Crippen molar-refractivity contribution in [2.45, 2.75) is 43.2 Å². The Bertz CT molecular complexity index is 941. The molecule has 0 amide bonds. The molecular formula is C23H32N4O3S. The van der Waals surface area contributed by atoms with Gasteiger partial charge in [-0.2, -0.15) is 0 Å². The van der Waals surface area contributed by atoms with Gasteiger partial charge in [0.05, 0.1) is 11.0 Å². The Morgan fingerprint density at radius 2 is 1.87 bits per heavy atom. The summed E-state index contributed by atoms with van der Waals surface area (Å²) < 4.78 is 33.0. The fraction of sp³-hybridized carbons (Fsp3) is 0.435. The Kier molecular flexibility index (Phi) is 8.45. The molecule has 0 bridgehead atoms. The largest absolute Gasteiger partial charge is 0.377 e. The lowest BCUT2D eigenvalue weighted by Crippen LogP contribution is -2.38. The summed E-state index contributed by atoms with van der Waals surface area (Å²) in [7, 11) is -1.80. The van der Waals surface area contributed by atoms with Crippen molar-refractivity contribution in [2.75, 3.05) is 26.7 Å². The molecule has 0 radical (unpaired) electrons. The maximum Gasteiger partial charge on any atom is 0.240 e. The minimum absolute atomic E-state index is 0.0258. The van der Waals surface area contributed by atoms with Crippen molar-refractivity contribution in [2.24, 2.45) is 4.99 Å². The first-order valence-corrected chi connectivity index (χ1v) is 12.2. The third-order valence-corrected chi connectivity index (χ3v) is 6.83. The number of rotatable bonds is 9. The van der Waals surface area contributed by atoms with E-state index in [-0.39, 0.29) is 11.0 Å². The molecule has 1 saturated heterocycles. The average molecular weight is 445 g/mol. The van der Waals surface area contributed by atoms with Gasteiger partial charge in [0.15, 0.2) is 5.96 Å². The second-order valence-corrected chi connectivity index (χ2v) is 9.52. The van der Waals surface area contributed by atoms with Crippen molar-refractivity contribution in [3.63, 3.8) is 0 Å². The van der Waals surface area contributed by atoms with E-state index < -0.39 is 10.0 Å². The zero-order chi connectivity index (χ0) is 22.1. The van der Waals surface area contributed by atoms with E-state index >= 15 is 0 Å². The number of nitrogens with one attached hydrogen (secondary N) is 3. The molecule has 2 atom stereocenters. The van der Waals surface area contributed by atoms with Gasteiger partial charge in [-0.1, -0.05) is 49.4 Å². The molecule has 0 spiro atoms. The van der Waals surface area contributed by atoms with Gasteiger partial charge in [0.1, 0.15) is 0 Å². The molecular weight excluding hydrogens is 412 g/mol. The second-order valence-electron chi connectivity index (χ2n) is 7.75. The van der Waals surface area contributed by atoms with E-state index in [0.29, 0.717) is 31.6 Å². The lowest BCUT2D eigenvalue weighted by atomic mass is 10.0. The molecule has 1 heterocycles. The molecule has 0 saturated carbocycles. The molecule has 1 aliphatic heterocycles. The number of benzene rings is 2. The van der Waals surface area contributed by atoms with Crippen molar-refractivity contribution in [3.8, 4) is 0 Å². The van der Waals surface area contributed by atoms with Crippen LogP contribution < -0.4 is 15.4 Å². The number of guanidine groups is 1. The van der Waals surface area contributed by atoms with Gasteiger partial charge in [-0.25, -0.2) is 13.1 Å². The van der Waals surface area contributed by atoms with Crippen LogP contribution in [0.5, 0.6) is 0 Å². The Hall–Kier alpha value is -2.42. The highest BCUT2D eigenvalue weighted by Gasteiger charge is 2.20. The molecule has 168 valence electrons. The Labute approximate surface area is 185 Å². The quantitative estimate of drug-likeness (QED) is 0.409. The van der Waals surface area contributed by atoms with Crippen molar-refractivity contribution in [1.29, 1.82) is 0 Å². The van der Waals surface area contributed by atoms with E-state index in [1.165, 1.54) is 5.56 Å². The van der Waals surface area contributed by atoms with E-state index in [2.05, 4.69) is 39.4 Å². The predicted octanol–water partition coefficient (Wildman–Crippen LogP) is 2.61. The number of nitrogens with zero attached hydrogens (tertiary/aromatic N) is 1. The lowest BCUT2D eigenvalue weighted by Gasteiger charge is -2.16. The minimum Gasteiger partial charge on any atom is -0.377 e. The van der Waals surface area contributed by atoms with Gasteiger partial charge >= 0.3 is 0 Å². The van der Waals surface area contributed by atoms with E-state index in [0.717, 1.165) is 24.9 Å². The predicted molar refractivity (Wildman–Crippen MR) is 124 cm³/mol. The van der Waals surface area contributed by atoms with Gasteiger partial charge in [-0.05, 0) is 42.0 Å². The molecule has 1 fully saturated rings. The van der Waals surface area contributed by atoms with Crippen LogP contribution in [0.2, 0.25) is 0 Å². The highest BCUT2D eigenvalue weighted by molar-refractivity contribution is 7.89. The summed E-state index contributed by atoms with van der Waals surface area (Å²) in [4.78, 5) is 4.52. The van der Waals surface area contributed by atoms with Gasteiger partial charge < -0.3 is 15.4 Å². The number of hydrogen-bond donors (Lipinski definition) is 3. The van der Waals surface area contributed by atoms with Crippen LogP contribution in [0.1, 0.15) is 36.8 Å². The Morgan fingerprint density at radius 3 is 2.52 bits per heavy atom. The smallest absolute Gasteiger partial charge is 0.240 e. The lowest BCUT2D eigenvalue weighted by molar-refractivity contribution is 0.114. The van der Waals surface area contributed by atoms with E-state index in [9.17, 15) is 8.42 Å². The summed E-state index contributed by atoms with van der Waals surface area (Å²) in [5.41, 5.74) is 2.24. The van der Waals surface area contributed by atoms with Crippen LogP contribution in [-0.2, 0) is 21.3 Å². The average Bonchev–Trinajstić information content (AvgIpc) is 3.32. The zero-order valence-electron chi connectivity index (χ0n) is 18.2. The maximum atomic E-state index is 12.5. The molecule has 0 aliphatic carbocycles. The van der Waals surface area contributed by atoms with Gasteiger partial charge in [-0.15, -0.1) is 0 Å². The molecule has 0 aromatic heterocycles. The third-order valence-electron chi connectivity index (χ3n) is 5.39. The number of hydrogen-bond acceptors (Lipinski definition) is 4. The summed E-state index contributed by atoms with van der Waals surface area (Å²) in [6, 6.07) is 17.2. The minimum atomic E-state index is -3.53. The van der Waals surface area contributed by atoms with Crippen molar-refractivity contribution in [1.82, 2.24) is 15.4 Å². The van der Waals surface area contributed by atoms with E-state index in [4.69, 9.17) is 4.74 Å². The molecule has 2 aromatic rings. The van der Waals surface area contributed by atoms with Crippen LogP contribution in [0, 0.1) is 0 Å². The van der Waals surface area contributed by atoms with Crippen LogP contribution in [0.15, 0.2) is 64.5 Å². The van der Waals surface area contributed by atoms with Gasteiger partial charge in [-0.3, -0.25) is 4.99 Å². The summed E-state index contributed by atoms with van der Waals surface area (Å²) >= 11 is 0. The third kappa shape index (κ3) is 7.05. The highest BCUT2D eigenvalue weighted by Crippen LogP contribution is 2.15. The Balaban J connectivity index is 1.47. The normalized spacial score (nSPS) is 18.0. The molecule has 2 aromatic carbocycles. The Morgan fingerprint density at radius 1 is 1.13 bits per heavy atom. The van der Waals surface area contributed by atoms with Crippen LogP contribution in [0.4, 0.5) is 0 Å². The topological polar surface area (TPSA) is 91.8 Å². The van der Waals surface area contributed by atoms with Crippen molar-refractivity contribution >= 4 is 16.0 Å². The molecule has 1 aliphatic rings. The van der Waals surface area contributed by atoms with Crippen molar-refractivity contribution in [3.05, 3.63) is 65.7 Å². The zero-order valence-corrected chi connectivity index (χ0v) is 19.0. The fourth-order valence-electron chi connectivity index (χ4n) is 3.43. The molecule has 8 heteroatoms. The summed E-state index contributed by atoms with van der Waals surface area (Å²) in [6.45, 7) is 4.49. The standard InChI is InChI=1S/C23H32N4O3S/c1-18(20-7-4-3-5-8-20)15-25-23(24-2)26-16-19-10-12-22(13-11-19)31(28,29)27-17-21-9-6-14-30-21/h3-5,7-8,10-13,18,21,27H,6,9,14-17H2,1-2H3,(H2,24,25,26). The summed E-state index contributed by atoms with van der Waals surface area (Å²) in [6.07, 6.45) is 1.85. The van der Waals surface area contributed by atoms with E-state index in [1.807, 2.05) is 30.3 Å². The van der Waals surface area contributed by atoms with Gasteiger partial charge in [0.2, 0.25) is 10.0 Å². The van der Waals surface area contributed by atoms with Crippen LogP contribution in [0.3, 0.4) is 0 Å². The molecule has 3 rings (SSSR count). The van der Waals surface area contributed by atoms with Crippen LogP contribution in [0.25, 0.3) is 0 Å². The van der Waals surface area contributed by atoms with Gasteiger partial charge in [0, 0.05) is 33.3 Å². The van der Waals surface area contributed by atoms with Gasteiger partial charge in [0.25, 0.3) is 0 Å². The van der Waals surface area contributed by atoms with E-state index in [1.54, 1.807) is 19.2 Å². The number of aliphatic imine (C=N–C) groups is 1. The first kappa shape index (κ1) is 23.2.